The minimum Gasteiger partial charge on any atom is -0.315 e. The van der Waals surface area contributed by atoms with Crippen LogP contribution in [0.4, 0.5) is 10.5 Å². The quantitative estimate of drug-likeness (QED) is 0.776. The number of hydrogen-bond acceptors (Lipinski definition) is 2. The first-order chi connectivity index (χ1) is 8.13. The molecule has 1 fully saturated rings. The fraction of sp³-hybridized carbons (Fsp3) is 0.333. The maximum atomic E-state index is 12.0. The molecule has 0 radical (unpaired) electrons. The van der Waals surface area contributed by atoms with Gasteiger partial charge in [-0.2, -0.15) is 0 Å². The number of anilines is 1. The number of amides is 3. The van der Waals surface area contributed by atoms with Gasteiger partial charge in [-0.1, -0.05) is 18.5 Å². The second-order valence-electron chi connectivity index (χ2n) is 3.91. The van der Waals surface area contributed by atoms with E-state index in [4.69, 9.17) is 11.6 Å². The summed E-state index contributed by atoms with van der Waals surface area (Å²) in [5.74, 6) is -0.189. The Balaban J connectivity index is 2.24. The van der Waals surface area contributed by atoms with Gasteiger partial charge in [0.05, 0.1) is 5.69 Å². The molecule has 0 aromatic heterocycles. The van der Waals surface area contributed by atoms with Gasteiger partial charge in [0.2, 0.25) is 0 Å². The summed E-state index contributed by atoms with van der Waals surface area (Å²) in [6.45, 7) is 2.74. The summed E-state index contributed by atoms with van der Waals surface area (Å²) in [5.41, 5.74) is 0.572. The lowest BCUT2D eigenvalue weighted by Crippen LogP contribution is -2.33. The predicted octanol–water partition coefficient (Wildman–Crippen LogP) is 2.52. The van der Waals surface area contributed by atoms with Crippen molar-refractivity contribution in [3.05, 3.63) is 29.3 Å². The van der Waals surface area contributed by atoms with E-state index in [1.807, 2.05) is 6.92 Å². The number of urea groups is 1. The Morgan fingerprint density at radius 3 is 2.47 bits per heavy atom. The summed E-state index contributed by atoms with van der Waals surface area (Å²) >= 11 is 5.77. The third kappa shape index (κ3) is 2.26. The number of hydrogen-bond donors (Lipinski definition) is 0. The summed E-state index contributed by atoms with van der Waals surface area (Å²) in [4.78, 5) is 26.5. The van der Waals surface area contributed by atoms with E-state index in [0.717, 1.165) is 6.42 Å². The number of benzene rings is 1. The van der Waals surface area contributed by atoms with Gasteiger partial charge in [0.25, 0.3) is 5.91 Å². The van der Waals surface area contributed by atoms with E-state index in [0.29, 0.717) is 17.3 Å². The highest BCUT2D eigenvalue weighted by Crippen LogP contribution is 2.23. The van der Waals surface area contributed by atoms with Gasteiger partial charge in [-0.15, -0.1) is 0 Å². The van der Waals surface area contributed by atoms with Crippen LogP contribution in [0.2, 0.25) is 5.02 Å². The third-order valence-corrected chi connectivity index (χ3v) is 2.87. The second kappa shape index (κ2) is 4.75. The van der Waals surface area contributed by atoms with E-state index in [2.05, 4.69) is 0 Å². The van der Waals surface area contributed by atoms with E-state index < -0.39 is 0 Å². The number of nitrogens with zero attached hydrogens (tertiary/aromatic N) is 2. The van der Waals surface area contributed by atoms with Crippen LogP contribution in [-0.4, -0.2) is 29.9 Å². The average Bonchev–Trinajstić information content (AvgIpc) is 2.57. The molecule has 0 N–H and O–H groups in total. The molecule has 1 heterocycles. The first-order valence-corrected chi connectivity index (χ1v) is 5.88. The Morgan fingerprint density at radius 1 is 1.24 bits per heavy atom. The van der Waals surface area contributed by atoms with E-state index >= 15 is 0 Å². The van der Waals surface area contributed by atoms with Crippen LogP contribution < -0.4 is 4.90 Å². The highest BCUT2D eigenvalue weighted by Gasteiger charge is 2.36. The first kappa shape index (κ1) is 11.9. The van der Waals surface area contributed by atoms with Crippen molar-refractivity contribution in [2.45, 2.75) is 13.3 Å². The lowest BCUT2D eigenvalue weighted by molar-refractivity contribution is -0.116. The predicted molar refractivity (Wildman–Crippen MR) is 66.2 cm³/mol. The van der Waals surface area contributed by atoms with Gasteiger partial charge in [-0.3, -0.25) is 4.79 Å². The molecular formula is C12H13ClN2O2. The van der Waals surface area contributed by atoms with E-state index in [1.165, 1.54) is 4.90 Å². The van der Waals surface area contributed by atoms with Crippen molar-refractivity contribution < 1.29 is 9.59 Å². The van der Waals surface area contributed by atoms with Gasteiger partial charge in [-0.05, 0) is 30.7 Å². The monoisotopic (exact) mass is 252 g/mol. The van der Waals surface area contributed by atoms with Gasteiger partial charge in [0.15, 0.2) is 0 Å². The number of carbonyl (C=O) groups excluding carboxylic acids is 2. The summed E-state index contributed by atoms with van der Waals surface area (Å²) in [7, 11) is 0. The lowest BCUT2D eigenvalue weighted by atomic mass is 10.3. The molecule has 1 aliphatic heterocycles. The second-order valence-corrected chi connectivity index (χ2v) is 4.35. The van der Waals surface area contributed by atoms with Crippen LogP contribution in [-0.2, 0) is 4.79 Å². The molecule has 0 aliphatic carbocycles. The van der Waals surface area contributed by atoms with Crippen molar-refractivity contribution in [2.24, 2.45) is 0 Å². The molecule has 0 spiro atoms. The van der Waals surface area contributed by atoms with Crippen molar-refractivity contribution in [3.63, 3.8) is 0 Å². The molecule has 5 heteroatoms. The lowest BCUT2D eigenvalue weighted by Gasteiger charge is -2.16. The summed E-state index contributed by atoms with van der Waals surface area (Å²) in [6.07, 6.45) is 0.841. The molecule has 1 aromatic carbocycles. The van der Waals surface area contributed by atoms with Gasteiger partial charge in [0.1, 0.15) is 6.54 Å². The number of halogens is 1. The highest BCUT2D eigenvalue weighted by atomic mass is 35.5. The first-order valence-electron chi connectivity index (χ1n) is 5.51. The normalized spacial score (nSPS) is 15.9. The Bertz CT molecular complexity index is 444. The van der Waals surface area contributed by atoms with Crippen molar-refractivity contribution in [1.29, 1.82) is 0 Å². The minimum absolute atomic E-state index is 0.162. The molecule has 90 valence electrons. The Hall–Kier alpha value is -1.55. The number of rotatable bonds is 3. The van der Waals surface area contributed by atoms with Crippen LogP contribution in [0.3, 0.4) is 0 Å². The zero-order valence-corrected chi connectivity index (χ0v) is 10.3. The Kier molecular flexibility index (Phi) is 3.33. The SMILES string of the molecule is CCCN1CC(=O)N(c2ccc(Cl)cc2)C1=O. The molecule has 1 saturated heterocycles. The molecule has 0 unspecified atom stereocenters. The fourth-order valence-electron chi connectivity index (χ4n) is 1.84. The third-order valence-electron chi connectivity index (χ3n) is 2.62. The zero-order chi connectivity index (χ0) is 12.4. The summed E-state index contributed by atoms with van der Waals surface area (Å²) < 4.78 is 0. The standard InChI is InChI=1S/C12H13ClN2O2/c1-2-7-14-8-11(16)15(12(14)17)10-5-3-9(13)4-6-10/h3-6H,2,7-8H2,1H3. The maximum Gasteiger partial charge on any atom is 0.331 e. The van der Waals surface area contributed by atoms with Gasteiger partial charge < -0.3 is 4.90 Å². The molecule has 1 aliphatic rings. The van der Waals surface area contributed by atoms with Crippen molar-refractivity contribution in [3.8, 4) is 0 Å². The zero-order valence-electron chi connectivity index (χ0n) is 9.52. The molecule has 0 bridgehead atoms. The van der Waals surface area contributed by atoms with Crippen LogP contribution in [0.1, 0.15) is 13.3 Å². The van der Waals surface area contributed by atoms with E-state index in [-0.39, 0.29) is 18.5 Å². The molecule has 0 saturated carbocycles. The summed E-state index contributed by atoms with van der Waals surface area (Å²) in [5, 5.41) is 0.582. The van der Waals surface area contributed by atoms with Crippen molar-refractivity contribution >= 4 is 29.2 Å². The molecule has 2 rings (SSSR count). The number of imide groups is 1. The topological polar surface area (TPSA) is 40.6 Å². The highest BCUT2D eigenvalue weighted by molar-refractivity contribution is 6.30. The van der Waals surface area contributed by atoms with Gasteiger partial charge in [-0.25, -0.2) is 9.69 Å². The van der Waals surface area contributed by atoms with Crippen molar-refractivity contribution in [2.75, 3.05) is 18.0 Å². The van der Waals surface area contributed by atoms with E-state index in [1.54, 1.807) is 29.2 Å². The maximum absolute atomic E-state index is 12.0. The van der Waals surface area contributed by atoms with Crippen LogP contribution in [0.25, 0.3) is 0 Å². The van der Waals surface area contributed by atoms with Crippen LogP contribution in [0.15, 0.2) is 24.3 Å². The van der Waals surface area contributed by atoms with Crippen molar-refractivity contribution in [1.82, 2.24) is 4.90 Å². The molecule has 4 nitrogen and oxygen atoms in total. The van der Waals surface area contributed by atoms with Gasteiger partial charge >= 0.3 is 6.03 Å². The fourth-order valence-corrected chi connectivity index (χ4v) is 1.96. The van der Waals surface area contributed by atoms with Crippen LogP contribution in [0.5, 0.6) is 0 Å². The molecule has 17 heavy (non-hydrogen) atoms. The Labute approximate surface area is 105 Å². The summed E-state index contributed by atoms with van der Waals surface area (Å²) in [6, 6.07) is 6.43. The van der Waals surface area contributed by atoms with E-state index in [9.17, 15) is 9.59 Å². The Morgan fingerprint density at radius 2 is 1.88 bits per heavy atom. The van der Waals surface area contributed by atoms with Gasteiger partial charge in [0, 0.05) is 11.6 Å². The number of carbonyl (C=O) groups is 2. The minimum atomic E-state index is -0.251. The molecule has 0 atom stereocenters. The molecular weight excluding hydrogens is 240 g/mol. The molecule has 1 aromatic rings. The van der Waals surface area contributed by atoms with Crippen LogP contribution in [0, 0.1) is 0 Å². The largest absolute Gasteiger partial charge is 0.331 e. The molecule has 3 amide bonds. The smallest absolute Gasteiger partial charge is 0.315 e. The van der Waals surface area contributed by atoms with Crippen LogP contribution >= 0.6 is 11.6 Å². The average molecular weight is 253 g/mol.